The number of hydrogen-bond acceptors (Lipinski definition) is 4. The molecule has 3 rings (SSSR count). The van der Waals surface area contributed by atoms with E-state index in [9.17, 15) is 0 Å². The Bertz CT molecular complexity index is 1020. The molecular weight excluding hydrogens is 384 g/mol. The van der Waals surface area contributed by atoms with Gasteiger partial charge in [0.25, 0.3) is 0 Å². The second kappa shape index (κ2) is 11.1. The van der Waals surface area contributed by atoms with E-state index < -0.39 is 0 Å². The van der Waals surface area contributed by atoms with Crippen LogP contribution in [0.4, 0.5) is 0 Å². The van der Waals surface area contributed by atoms with E-state index in [1.165, 1.54) is 22.9 Å². The van der Waals surface area contributed by atoms with Crippen LogP contribution in [0.3, 0.4) is 0 Å². The Kier molecular flexibility index (Phi) is 8.02. The van der Waals surface area contributed by atoms with E-state index in [4.69, 9.17) is 9.94 Å². The normalized spacial score (nSPS) is 12.3. The predicted octanol–water partition coefficient (Wildman–Crippen LogP) is 5.80. The van der Waals surface area contributed by atoms with Crippen molar-refractivity contribution in [1.82, 2.24) is 4.90 Å². The molecule has 160 valence electrons. The molecule has 0 amide bonds. The molecule has 0 unspecified atom stereocenters. The van der Waals surface area contributed by atoms with E-state index in [0.29, 0.717) is 6.61 Å². The number of allylic oxidation sites excluding steroid dienone is 1. The molecule has 4 nitrogen and oxygen atoms in total. The maximum atomic E-state index is 8.98. The fourth-order valence-electron chi connectivity index (χ4n) is 3.58. The van der Waals surface area contributed by atoms with Gasteiger partial charge in [-0.3, -0.25) is 0 Å². The van der Waals surface area contributed by atoms with Gasteiger partial charge in [-0.25, -0.2) is 0 Å². The van der Waals surface area contributed by atoms with E-state index in [2.05, 4.69) is 65.5 Å². The van der Waals surface area contributed by atoms with Crippen LogP contribution in [0.15, 0.2) is 84.0 Å². The van der Waals surface area contributed by atoms with Gasteiger partial charge in [0.15, 0.2) is 0 Å². The molecule has 0 saturated carbocycles. The van der Waals surface area contributed by atoms with Crippen molar-refractivity contribution in [3.8, 4) is 5.75 Å². The van der Waals surface area contributed by atoms with Gasteiger partial charge < -0.3 is 14.8 Å². The number of benzene rings is 3. The zero-order chi connectivity index (χ0) is 22.1. The van der Waals surface area contributed by atoms with Gasteiger partial charge in [0.05, 0.1) is 6.21 Å². The lowest BCUT2D eigenvalue weighted by atomic mass is 9.87. The third-order valence-corrected chi connectivity index (χ3v) is 5.11. The predicted molar refractivity (Wildman–Crippen MR) is 129 cm³/mol. The van der Waals surface area contributed by atoms with Gasteiger partial charge in [0.1, 0.15) is 12.4 Å². The van der Waals surface area contributed by atoms with Crippen molar-refractivity contribution in [3.63, 3.8) is 0 Å². The van der Waals surface area contributed by atoms with Crippen LogP contribution in [0.25, 0.3) is 11.1 Å². The maximum absolute atomic E-state index is 8.98. The summed E-state index contributed by atoms with van der Waals surface area (Å²) < 4.78 is 5.88. The highest BCUT2D eigenvalue weighted by molar-refractivity contribution is 5.99. The van der Waals surface area contributed by atoms with Crippen molar-refractivity contribution >= 4 is 17.4 Å². The average Bonchev–Trinajstić information content (AvgIpc) is 2.79. The molecule has 3 aromatic carbocycles. The molecule has 0 aromatic heterocycles. The molecule has 0 aliphatic rings. The average molecular weight is 415 g/mol. The van der Waals surface area contributed by atoms with Crippen LogP contribution >= 0.6 is 0 Å². The number of rotatable bonds is 9. The van der Waals surface area contributed by atoms with Crippen molar-refractivity contribution in [2.45, 2.75) is 13.3 Å². The number of ether oxygens (including phenoxy) is 1. The van der Waals surface area contributed by atoms with Crippen molar-refractivity contribution in [3.05, 3.63) is 101 Å². The molecule has 4 heteroatoms. The molecule has 0 radical (unpaired) electrons. The quantitative estimate of drug-likeness (QED) is 0.208. The maximum Gasteiger partial charge on any atom is 0.119 e. The Labute approximate surface area is 185 Å². The van der Waals surface area contributed by atoms with E-state index in [1.807, 2.05) is 44.4 Å². The van der Waals surface area contributed by atoms with Crippen LogP contribution in [0.1, 0.15) is 35.6 Å². The molecule has 0 fully saturated rings. The molecule has 0 aliphatic carbocycles. The van der Waals surface area contributed by atoms with Crippen molar-refractivity contribution in [2.75, 3.05) is 27.2 Å². The Balaban J connectivity index is 2.06. The van der Waals surface area contributed by atoms with E-state index in [-0.39, 0.29) is 0 Å². The highest BCUT2D eigenvalue weighted by Gasteiger charge is 2.13. The van der Waals surface area contributed by atoms with Gasteiger partial charge >= 0.3 is 0 Å². The van der Waals surface area contributed by atoms with Gasteiger partial charge in [-0.2, -0.15) is 0 Å². The Morgan fingerprint density at radius 2 is 1.61 bits per heavy atom. The zero-order valence-electron chi connectivity index (χ0n) is 18.5. The first-order valence-electron chi connectivity index (χ1n) is 10.6. The molecule has 1 N–H and O–H groups in total. The summed E-state index contributed by atoms with van der Waals surface area (Å²) in [5.41, 5.74) is 6.69. The smallest absolute Gasteiger partial charge is 0.119 e. The van der Waals surface area contributed by atoms with Gasteiger partial charge in [-0.15, -0.1) is 0 Å². The lowest BCUT2D eigenvalue weighted by Crippen LogP contribution is -2.19. The molecule has 3 aromatic rings. The van der Waals surface area contributed by atoms with Gasteiger partial charge in [-0.1, -0.05) is 72.7 Å². The molecule has 0 atom stereocenters. The van der Waals surface area contributed by atoms with Gasteiger partial charge in [0.2, 0.25) is 0 Å². The molecule has 0 heterocycles. The summed E-state index contributed by atoms with van der Waals surface area (Å²) in [7, 11) is 4.07. The molecule has 0 spiro atoms. The Morgan fingerprint density at radius 3 is 2.26 bits per heavy atom. The molecular formula is C27H30N2O2. The summed E-state index contributed by atoms with van der Waals surface area (Å²) in [6, 6.07) is 26.8. The highest BCUT2D eigenvalue weighted by Crippen LogP contribution is 2.35. The first-order valence-corrected chi connectivity index (χ1v) is 10.6. The molecule has 0 saturated heterocycles. The minimum Gasteiger partial charge on any atom is -0.492 e. The first kappa shape index (κ1) is 22.3. The van der Waals surface area contributed by atoms with E-state index in [0.717, 1.165) is 35.4 Å². The Hall–Kier alpha value is -3.37. The zero-order valence-corrected chi connectivity index (χ0v) is 18.5. The summed E-state index contributed by atoms with van der Waals surface area (Å²) in [4.78, 5) is 2.10. The lowest BCUT2D eigenvalue weighted by Gasteiger charge is -2.17. The number of likely N-dealkylation sites (N-methyl/N-ethyl adjacent to an activating group) is 1. The van der Waals surface area contributed by atoms with Gasteiger partial charge in [0, 0.05) is 6.54 Å². The van der Waals surface area contributed by atoms with Crippen molar-refractivity contribution in [1.29, 1.82) is 0 Å². The minimum atomic E-state index is 0.655. The largest absolute Gasteiger partial charge is 0.492 e. The van der Waals surface area contributed by atoms with Crippen LogP contribution in [0, 0.1) is 0 Å². The molecule has 0 aliphatic heterocycles. The second-order valence-electron chi connectivity index (χ2n) is 7.62. The molecule has 31 heavy (non-hydrogen) atoms. The van der Waals surface area contributed by atoms with Crippen LogP contribution < -0.4 is 4.74 Å². The van der Waals surface area contributed by atoms with E-state index in [1.54, 1.807) is 0 Å². The summed E-state index contributed by atoms with van der Waals surface area (Å²) in [5, 5.41) is 12.2. The summed E-state index contributed by atoms with van der Waals surface area (Å²) in [6.45, 7) is 3.71. The first-order chi connectivity index (χ1) is 15.1. The summed E-state index contributed by atoms with van der Waals surface area (Å²) in [5.74, 6) is 0.865. The van der Waals surface area contributed by atoms with Crippen LogP contribution in [-0.4, -0.2) is 43.6 Å². The number of hydrogen-bond donors (Lipinski definition) is 1. The topological polar surface area (TPSA) is 45.1 Å². The monoisotopic (exact) mass is 414 g/mol. The highest BCUT2D eigenvalue weighted by atomic mass is 16.5. The lowest BCUT2D eigenvalue weighted by molar-refractivity contribution is 0.261. The van der Waals surface area contributed by atoms with Crippen molar-refractivity contribution in [2.24, 2.45) is 5.16 Å². The number of oxime groups is 1. The third-order valence-electron chi connectivity index (χ3n) is 5.11. The number of nitrogens with zero attached hydrogens (tertiary/aromatic N) is 2. The summed E-state index contributed by atoms with van der Waals surface area (Å²) >= 11 is 0. The SMILES string of the molecule is CCC(=C(c1ccc(OCCN(C)C)cc1)c1cccc(C=NO)c1)c1ccccc1. The standard InChI is InChI=1S/C27H30N2O2/c1-4-26(22-10-6-5-7-11-22)27(24-12-8-9-21(19-24)20-28-30)23-13-15-25(16-14-23)31-18-17-29(2)3/h5-16,19-20,30H,4,17-18H2,1-3H3. The fourth-order valence-corrected chi connectivity index (χ4v) is 3.58. The molecule has 0 bridgehead atoms. The van der Waals surface area contributed by atoms with Crippen LogP contribution in [0.5, 0.6) is 5.75 Å². The Morgan fingerprint density at radius 1 is 0.903 bits per heavy atom. The minimum absolute atomic E-state index is 0.655. The van der Waals surface area contributed by atoms with E-state index >= 15 is 0 Å². The second-order valence-corrected chi connectivity index (χ2v) is 7.62. The van der Waals surface area contributed by atoms with Gasteiger partial charge in [-0.05, 0) is 72.1 Å². The summed E-state index contributed by atoms with van der Waals surface area (Å²) in [6.07, 6.45) is 2.34. The fraction of sp³-hybridized carbons (Fsp3) is 0.222. The van der Waals surface area contributed by atoms with Crippen LogP contribution in [0.2, 0.25) is 0 Å². The van der Waals surface area contributed by atoms with Crippen LogP contribution in [-0.2, 0) is 0 Å². The van der Waals surface area contributed by atoms with Crippen molar-refractivity contribution < 1.29 is 9.94 Å². The third kappa shape index (κ3) is 6.06.